The number of likely N-dealkylation sites (tertiary alicyclic amines) is 1. The Bertz CT molecular complexity index is 375. The maximum Gasteiger partial charge on any atom is 0.240 e. The number of hydrogen-bond donors (Lipinski definition) is 2. The summed E-state index contributed by atoms with van der Waals surface area (Å²) in [5.74, 6) is 0.197. The molecule has 3 N–H and O–H groups in total. The van der Waals surface area contributed by atoms with Gasteiger partial charge < -0.3 is 20.5 Å². The Labute approximate surface area is 124 Å². The van der Waals surface area contributed by atoms with E-state index >= 15 is 0 Å². The molecule has 6 heteroatoms. The lowest BCUT2D eigenvalue weighted by Crippen LogP contribution is -2.53. The number of nitrogens with zero attached hydrogens (tertiary/aromatic N) is 1. The average molecular weight is 303 g/mol. The van der Waals surface area contributed by atoms with Crippen LogP contribution in [-0.4, -0.2) is 58.7 Å². The van der Waals surface area contributed by atoms with Gasteiger partial charge in [0.05, 0.1) is 30.2 Å². The van der Waals surface area contributed by atoms with Crippen LogP contribution in [0.5, 0.6) is 0 Å². The lowest BCUT2D eigenvalue weighted by molar-refractivity contribution is -0.136. The van der Waals surface area contributed by atoms with E-state index in [0.29, 0.717) is 6.54 Å². The van der Waals surface area contributed by atoms with E-state index in [0.717, 1.165) is 25.7 Å². The standard InChI is InChI=1S/C14H23ClN2O3/c15-9-6-17(12-10(18)7-20-13(9)12)14(19)11(16)8-4-2-1-3-5-8/h8-13,18H,1-7,16H2. The number of hydrogen-bond acceptors (Lipinski definition) is 4. The zero-order valence-electron chi connectivity index (χ0n) is 11.6. The highest BCUT2D eigenvalue weighted by Gasteiger charge is 2.52. The molecule has 2 saturated heterocycles. The van der Waals surface area contributed by atoms with E-state index in [9.17, 15) is 9.90 Å². The van der Waals surface area contributed by atoms with Gasteiger partial charge in [0.2, 0.25) is 5.91 Å². The minimum atomic E-state index is -0.647. The molecule has 0 radical (unpaired) electrons. The van der Waals surface area contributed by atoms with Crippen molar-refractivity contribution in [3.8, 4) is 0 Å². The smallest absolute Gasteiger partial charge is 0.240 e. The molecule has 3 rings (SSSR count). The zero-order valence-corrected chi connectivity index (χ0v) is 12.3. The second-order valence-corrected chi connectivity index (χ2v) is 6.85. The van der Waals surface area contributed by atoms with Gasteiger partial charge in [-0.1, -0.05) is 19.3 Å². The Morgan fingerprint density at radius 3 is 2.75 bits per heavy atom. The number of amides is 1. The molecule has 5 nitrogen and oxygen atoms in total. The van der Waals surface area contributed by atoms with Crippen LogP contribution in [0.3, 0.4) is 0 Å². The minimum absolute atomic E-state index is 0.0698. The predicted octanol–water partition coefficient (Wildman–Crippen LogP) is 0.472. The highest BCUT2D eigenvalue weighted by molar-refractivity contribution is 6.21. The number of rotatable bonds is 2. The molecule has 1 aliphatic carbocycles. The Balaban J connectivity index is 1.69. The topological polar surface area (TPSA) is 75.8 Å². The van der Waals surface area contributed by atoms with Crippen LogP contribution in [0.25, 0.3) is 0 Å². The summed E-state index contributed by atoms with van der Waals surface area (Å²) in [5, 5.41) is 9.76. The number of ether oxygens (including phenoxy) is 1. The van der Waals surface area contributed by atoms with E-state index in [1.165, 1.54) is 6.42 Å². The predicted molar refractivity (Wildman–Crippen MR) is 75.4 cm³/mol. The highest BCUT2D eigenvalue weighted by Crippen LogP contribution is 2.34. The quantitative estimate of drug-likeness (QED) is 0.727. The Morgan fingerprint density at radius 2 is 2.05 bits per heavy atom. The first-order valence-corrected chi connectivity index (χ1v) is 8.03. The lowest BCUT2D eigenvalue weighted by atomic mass is 9.83. The summed E-state index contributed by atoms with van der Waals surface area (Å²) >= 11 is 6.24. The van der Waals surface area contributed by atoms with Gasteiger partial charge in [-0.15, -0.1) is 11.6 Å². The summed E-state index contributed by atoms with van der Waals surface area (Å²) < 4.78 is 5.49. The first kappa shape index (κ1) is 14.6. The summed E-state index contributed by atoms with van der Waals surface area (Å²) in [6, 6.07) is -0.787. The van der Waals surface area contributed by atoms with Crippen molar-refractivity contribution in [1.29, 1.82) is 0 Å². The molecule has 2 aliphatic heterocycles. The maximum atomic E-state index is 12.7. The molecule has 3 aliphatic rings. The molecule has 2 heterocycles. The fourth-order valence-corrected chi connectivity index (χ4v) is 4.24. The van der Waals surface area contributed by atoms with Crippen molar-refractivity contribution in [3.63, 3.8) is 0 Å². The number of aliphatic hydroxyl groups is 1. The second kappa shape index (κ2) is 5.79. The van der Waals surface area contributed by atoms with Gasteiger partial charge in [0, 0.05) is 6.54 Å². The minimum Gasteiger partial charge on any atom is -0.388 e. The fraction of sp³-hybridized carbons (Fsp3) is 0.929. The van der Waals surface area contributed by atoms with Crippen molar-refractivity contribution in [3.05, 3.63) is 0 Å². The third-order valence-electron chi connectivity index (χ3n) is 5.00. The van der Waals surface area contributed by atoms with Crippen LogP contribution in [0.4, 0.5) is 0 Å². The van der Waals surface area contributed by atoms with Crippen LogP contribution in [-0.2, 0) is 9.53 Å². The normalized spacial score (nSPS) is 39.9. The molecular weight excluding hydrogens is 280 g/mol. The molecule has 20 heavy (non-hydrogen) atoms. The molecule has 0 aromatic rings. The molecule has 0 aromatic carbocycles. The van der Waals surface area contributed by atoms with Crippen LogP contribution in [0.2, 0.25) is 0 Å². The lowest BCUT2D eigenvalue weighted by Gasteiger charge is -2.32. The number of carbonyl (C=O) groups excluding carboxylic acids is 1. The number of aliphatic hydroxyl groups excluding tert-OH is 1. The van der Waals surface area contributed by atoms with Gasteiger partial charge >= 0.3 is 0 Å². The molecule has 5 unspecified atom stereocenters. The first-order valence-electron chi connectivity index (χ1n) is 7.59. The molecule has 0 bridgehead atoms. The average Bonchev–Trinajstić information content (AvgIpc) is 3.00. The Kier molecular flexibility index (Phi) is 4.22. The van der Waals surface area contributed by atoms with Crippen molar-refractivity contribution in [2.24, 2.45) is 11.7 Å². The van der Waals surface area contributed by atoms with Gasteiger partial charge in [0.15, 0.2) is 0 Å². The van der Waals surface area contributed by atoms with Gasteiger partial charge in [-0.05, 0) is 18.8 Å². The van der Waals surface area contributed by atoms with Gasteiger partial charge in [-0.3, -0.25) is 4.79 Å². The Morgan fingerprint density at radius 1 is 1.35 bits per heavy atom. The maximum absolute atomic E-state index is 12.7. The van der Waals surface area contributed by atoms with E-state index in [2.05, 4.69) is 0 Å². The fourth-order valence-electron chi connectivity index (χ4n) is 3.87. The van der Waals surface area contributed by atoms with Gasteiger partial charge in [-0.2, -0.15) is 0 Å². The molecule has 1 saturated carbocycles. The number of carbonyl (C=O) groups is 1. The largest absolute Gasteiger partial charge is 0.388 e. The third-order valence-corrected chi connectivity index (χ3v) is 5.39. The SMILES string of the molecule is NC(C(=O)N1CC(Cl)C2OCC(O)C21)C1CCCCC1. The van der Waals surface area contributed by atoms with Crippen LogP contribution in [0.1, 0.15) is 32.1 Å². The van der Waals surface area contributed by atoms with Crippen molar-refractivity contribution in [1.82, 2.24) is 4.90 Å². The van der Waals surface area contributed by atoms with Crippen LogP contribution < -0.4 is 5.73 Å². The summed E-state index contributed by atoms with van der Waals surface area (Å²) in [7, 11) is 0. The number of fused-ring (bicyclic) bond motifs is 1. The monoisotopic (exact) mass is 302 g/mol. The summed E-state index contributed by atoms with van der Waals surface area (Å²) in [5.41, 5.74) is 6.19. The number of alkyl halides is 1. The molecule has 3 fully saturated rings. The Hall–Kier alpha value is -0.360. The highest BCUT2D eigenvalue weighted by atomic mass is 35.5. The molecular formula is C14H23ClN2O3. The number of nitrogens with two attached hydrogens (primary N) is 1. The molecule has 114 valence electrons. The van der Waals surface area contributed by atoms with Gasteiger partial charge in [0.1, 0.15) is 6.10 Å². The summed E-state index contributed by atoms with van der Waals surface area (Å²) in [6.45, 7) is 0.675. The second-order valence-electron chi connectivity index (χ2n) is 6.29. The van der Waals surface area contributed by atoms with Crippen LogP contribution >= 0.6 is 11.6 Å². The molecule has 5 atom stereocenters. The van der Waals surface area contributed by atoms with Crippen LogP contribution in [0, 0.1) is 5.92 Å². The molecule has 0 aromatic heterocycles. The summed E-state index contributed by atoms with van der Waals surface area (Å²) in [6.07, 6.45) is 4.70. The number of halogens is 1. The van der Waals surface area contributed by atoms with E-state index in [-0.39, 0.29) is 36.0 Å². The van der Waals surface area contributed by atoms with E-state index < -0.39 is 12.1 Å². The van der Waals surface area contributed by atoms with Crippen molar-refractivity contribution in [2.75, 3.05) is 13.2 Å². The van der Waals surface area contributed by atoms with E-state index in [1.54, 1.807) is 4.90 Å². The first-order chi connectivity index (χ1) is 9.59. The molecule has 0 spiro atoms. The van der Waals surface area contributed by atoms with Crippen molar-refractivity contribution in [2.45, 2.75) is 61.8 Å². The van der Waals surface area contributed by atoms with Crippen LogP contribution in [0.15, 0.2) is 0 Å². The van der Waals surface area contributed by atoms with Gasteiger partial charge in [0.25, 0.3) is 0 Å². The van der Waals surface area contributed by atoms with Crippen molar-refractivity contribution < 1.29 is 14.6 Å². The zero-order chi connectivity index (χ0) is 14.3. The summed E-state index contributed by atoms with van der Waals surface area (Å²) in [4.78, 5) is 14.3. The van der Waals surface area contributed by atoms with Crippen molar-refractivity contribution >= 4 is 17.5 Å². The van der Waals surface area contributed by atoms with E-state index in [4.69, 9.17) is 22.1 Å². The van der Waals surface area contributed by atoms with E-state index in [1.807, 2.05) is 0 Å². The third kappa shape index (κ3) is 2.45. The molecule has 1 amide bonds. The van der Waals surface area contributed by atoms with Gasteiger partial charge in [-0.25, -0.2) is 0 Å².